The van der Waals surface area contributed by atoms with Gasteiger partial charge in [0.2, 0.25) is 0 Å². The molecule has 2 heterocycles. The summed E-state index contributed by atoms with van der Waals surface area (Å²) in [5, 5.41) is 7.16. The number of hydrogen-bond donors (Lipinski definition) is 0. The van der Waals surface area contributed by atoms with Crippen LogP contribution in [-0.2, 0) is 0 Å². The lowest BCUT2D eigenvalue weighted by Gasteiger charge is -2.26. The van der Waals surface area contributed by atoms with E-state index in [-0.39, 0.29) is 0 Å². The number of nitrogens with zero attached hydrogens (tertiary/aromatic N) is 1. The van der Waals surface area contributed by atoms with Crippen LogP contribution in [0.1, 0.15) is 0 Å². The van der Waals surface area contributed by atoms with E-state index in [2.05, 4.69) is 132 Å². The molecule has 0 fully saturated rings. The highest BCUT2D eigenvalue weighted by molar-refractivity contribution is 7.26. The predicted octanol–water partition coefficient (Wildman–Crippen LogP) is 10.6. The molecule has 174 valence electrons. The molecule has 8 rings (SSSR count). The van der Waals surface area contributed by atoms with Crippen LogP contribution in [0, 0.1) is 0 Å². The van der Waals surface area contributed by atoms with Crippen molar-refractivity contribution in [2.24, 2.45) is 0 Å². The maximum atomic E-state index is 6.67. The van der Waals surface area contributed by atoms with Crippen LogP contribution < -0.4 is 4.90 Å². The van der Waals surface area contributed by atoms with Crippen molar-refractivity contribution >= 4 is 81.3 Å². The molecular weight excluding hydrogens is 470 g/mol. The Morgan fingerprint density at radius 2 is 1.16 bits per heavy atom. The molecule has 2 aromatic heterocycles. The van der Waals surface area contributed by atoms with Crippen LogP contribution in [0.25, 0.3) is 52.9 Å². The highest BCUT2D eigenvalue weighted by Crippen LogP contribution is 2.48. The summed E-state index contributed by atoms with van der Waals surface area (Å²) in [5.74, 6) is 0. The molecule has 8 aromatic rings. The van der Waals surface area contributed by atoms with Crippen molar-refractivity contribution < 1.29 is 4.42 Å². The van der Waals surface area contributed by atoms with Crippen LogP contribution in [0.2, 0.25) is 0 Å². The topological polar surface area (TPSA) is 16.4 Å². The Labute approximate surface area is 217 Å². The zero-order valence-corrected chi connectivity index (χ0v) is 20.7. The van der Waals surface area contributed by atoms with Gasteiger partial charge in [-0.15, -0.1) is 11.3 Å². The van der Waals surface area contributed by atoms with Crippen molar-refractivity contribution in [1.29, 1.82) is 0 Å². The first-order valence-corrected chi connectivity index (χ1v) is 13.3. The third-order valence-corrected chi connectivity index (χ3v) is 8.33. The highest BCUT2D eigenvalue weighted by atomic mass is 32.1. The monoisotopic (exact) mass is 491 g/mol. The van der Waals surface area contributed by atoms with Gasteiger partial charge in [0.1, 0.15) is 11.2 Å². The first kappa shape index (κ1) is 20.6. The van der Waals surface area contributed by atoms with Crippen LogP contribution in [0.3, 0.4) is 0 Å². The van der Waals surface area contributed by atoms with Gasteiger partial charge in [-0.2, -0.15) is 0 Å². The SMILES string of the molecule is c1ccc(N(c2ccccc2)c2cccc3sc4ccc5c6cc7ccccc7cc6oc5c4c23)cc1. The fraction of sp³-hybridized carbons (Fsp3) is 0. The maximum Gasteiger partial charge on any atom is 0.144 e. The molecule has 0 bridgehead atoms. The van der Waals surface area contributed by atoms with Crippen molar-refractivity contribution in [3.63, 3.8) is 0 Å². The van der Waals surface area contributed by atoms with Gasteiger partial charge in [-0.3, -0.25) is 0 Å². The Balaban J connectivity index is 1.50. The second-order valence-corrected chi connectivity index (χ2v) is 10.5. The van der Waals surface area contributed by atoms with E-state index < -0.39 is 0 Å². The smallest absolute Gasteiger partial charge is 0.144 e. The van der Waals surface area contributed by atoms with Crippen molar-refractivity contribution in [3.8, 4) is 0 Å². The van der Waals surface area contributed by atoms with Gasteiger partial charge in [0.05, 0.1) is 5.69 Å². The van der Waals surface area contributed by atoms with E-state index in [1.165, 1.54) is 30.9 Å². The molecule has 6 aromatic carbocycles. The summed E-state index contributed by atoms with van der Waals surface area (Å²) < 4.78 is 9.16. The maximum absolute atomic E-state index is 6.67. The van der Waals surface area contributed by atoms with Crippen molar-refractivity contribution in [1.82, 2.24) is 0 Å². The minimum Gasteiger partial charge on any atom is -0.455 e. The summed E-state index contributed by atoms with van der Waals surface area (Å²) in [6, 6.07) is 45.2. The normalized spacial score (nSPS) is 11.8. The van der Waals surface area contributed by atoms with Gasteiger partial charge < -0.3 is 9.32 Å². The second-order valence-electron chi connectivity index (χ2n) is 9.37. The van der Waals surface area contributed by atoms with E-state index in [0.29, 0.717) is 0 Å². The van der Waals surface area contributed by atoms with Crippen LogP contribution in [0.4, 0.5) is 17.1 Å². The van der Waals surface area contributed by atoms with E-state index in [4.69, 9.17) is 4.42 Å². The highest BCUT2D eigenvalue weighted by Gasteiger charge is 2.21. The summed E-state index contributed by atoms with van der Waals surface area (Å²) in [6.45, 7) is 0. The summed E-state index contributed by atoms with van der Waals surface area (Å²) in [4.78, 5) is 2.35. The second kappa shape index (κ2) is 7.95. The number of thiophene rings is 1. The number of fused-ring (bicyclic) bond motifs is 8. The van der Waals surface area contributed by atoms with Crippen molar-refractivity contribution in [3.05, 3.63) is 127 Å². The Kier molecular flexibility index (Phi) is 4.42. The van der Waals surface area contributed by atoms with Gasteiger partial charge in [-0.1, -0.05) is 66.7 Å². The molecular formula is C34H21NOS. The average Bonchev–Trinajstić information content (AvgIpc) is 3.51. The van der Waals surface area contributed by atoms with Crippen LogP contribution in [-0.4, -0.2) is 0 Å². The fourth-order valence-electron chi connectivity index (χ4n) is 5.57. The molecule has 0 aliphatic rings. The average molecular weight is 492 g/mol. The van der Waals surface area contributed by atoms with Crippen LogP contribution >= 0.6 is 11.3 Å². The first-order chi connectivity index (χ1) is 18.3. The van der Waals surface area contributed by atoms with E-state index >= 15 is 0 Å². The lowest BCUT2D eigenvalue weighted by Crippen LogP contribution is -2.09. The van der Waals surface area contributed by atoms with Crippen LogP contribution in [0.5, 0.6) is 0 Å². The Hall–Kier alpha value is -4.60. The Morgan fingerprint density at radius 1 is 0.514 bits per heavy atom. The van der Waals surface area contributed by atoms with E-state index in [1.54, 1.807) is 0 Å². The molecule has 0 atom stereocenters. The van der Waals surface area contributed by atoms with E-state index in [1.807, 2.05) is 11.3 Å². The van der Waals surface area contributed by atoms with E-state index in [0.717, 1.165) is 39.0 Å². The van der Waals surface area contributed by atoms with Gasteiger partial charge in [-0.05, 0) is 71.4 Å². The van der Waals surface area contributed by atoms with Crippen molar-refractivity contribution in [2.75, 3.05) is 4.90 Å². The standard InChI is InChI=1S/C34H21NOS/c1-3-12-24(13-4-1)35(25-14-5-2-6-15-25)28-16-9-17-30-32(28)33-31(37-30)19-18-26-27-20-22-10-7-8-11-23(22)21-29(27)36-34(26)33/h1-21H. The summed E-state index contributed by atoms with van der Waals surface area (Å²) >= 11 is 1.82. The molecule has 0 saturated heterocycles. The Morgan fingerprint density at radius 3 is 1.89 bits per heavy atom. The molecule has 0 N–H and O–H groups in total. The van der Waals surface area contributed by atoms with Gasteiger partial charge >= 0.3 is 0 Å². The van der Waals surface area contributed by atoms with Gasteiger partial charge in [-0.25, -0.2) is 0 Å². The number of rotatable bonds is 3. The quantitative estimate of drug-likeness (QED) is 0.244. The first-order valence-electron chi connectivity index (χ1n) is 12.4. The molecule has 0 radical (unpaired) electrons. The molecule has 0 saturated carbocycles. The molecule has 0 aliphatic carbocycles. The molecule has 37 heavy (non-hydrogen) atoms. The zero-order valence-electron chi connectivity index (χ0n) is 19.9. The zero-order chi connectivity index (χ0) is 24.3. The van der Waals surface area contributed by atoms with Gasteiger partial charge in [0, 0.05) is 42.3 Å². The molecule has 0 spiro atoms. The molecule has 0 amide bonds. The van der Waals surface area contributed by atoms with Gasteiger partial charge in [0.15, 0.2) is 0 Å². The minimum absolute atomic E-state index is 0.931. The van der Waals surface area contributed by atoms with E-state index in [9.17, 15) is 0 Å². The molecule has 3 heteroatoms. The third-order valence-electron chi connectivity index (χ3n) is 7.21. The third kappa shape index (κ3) is 3.11. The minimum atomic E-state index is 0.931. The molecule has 0 unspecified atom stereocenters. The summed E-state index contributed by atoms with van der Waals surface area (Å²) in [7, 11) is 0. The number of furan rings is 1. The lowest BCUT2D eigenvalue weighted by atomic mass is 10.0. The number of anilines is 3. The fourth-order valence-corrected chi connectivity index (χ4v) is 6.70. The molecule has 2 nitrogen and oxygen atoms in total. The van der Waals surface area contributed by atoms with Crippen LogP contribution in [0.15, 0.2) is 132 Å². The van der Waals surface area contributed by atoms with Crippen molar-refractivity contribution in [2.45, 2.75) is 0 Å². The number of benzene rings is 6. The predicted molar refractivity (Wildman–Crippen MR) is 159 cm³/mol. The number of para-hydroxylation sites is 2. The summed E-state index contributed by atoms with van der Waals surface area (Å²) in [6.07, 6.45) is 0. The number of hydrogen-bond acceptors (Lipinski definition) is 3. The Bertz CT molecular complexity index is 2050. The molecule has 0 aliphatic heterocycles. The summed E-state index contributed by atoms with van der Waals surface area (Å²) in [5.41, 5.74) is 5.30. The largest absolute Gasteiger partial charge is 0.455 e. The lowest BCUT2D eigenvalue weighted by molar-refractivity contribution is 0.673. The van der Waals surface area contributed by atoms with Gasteiger partial charge in [0.25, 0.3) is 0 Å².